The molecule has 24 heavy (non-hydrogen) atoms. The highest BCUT2D eigenvalue weighted by molar-refractivity contribution is 7.13. The molecule has 0 spiro atoms. The van der Waals surface area contributed by atoms with Crippen molar-refractivity contribution in [1.82, 2.24) is 9.88 Å². The zero-order valence-corrected chi connectivity index (χ0v) is 14.5. The van der Waals surface area contributed by atoms with Crippen LogP contribution in [0.4, 0.5) is 5.13 Å². The number of rotatable bonds is 3. The number of hydrogen-bond donors (Lipinski definition) is 1. The van der Waals surface area contributed by atoms with Gasteiger partial charge in [0.2, 0.25) is 0 Å². The van der Waals surface area contributed by atoms with E-state index in [1.54, 1.807) is 5.38 Å². The van der Waals surface area contributed by atoms with Gasteiger partial charge in [0.05, 0.1) is 0 Å². The van der Waals surface area contributed by atoms with Crippen LogP contribution < -0.4 is 10.6 Å². The highest BCUT2D eigenvalue weighted by Crippen LogP contribution is 2.27. The van der Waals surface area contributed by atoms with Crippen LogP contribution in [0, 0.1) is 0 Å². The first-order chi connectivity index (χ1) is 11.7. The van der Waals surface area contributed by atoms with Gasteiger partial charge in [-0.25, -0.2) is 4.98 Å². The van der Waals surface area contributed by atoms with Crippen LogP contribution in [-0.2, 0) is 12.8 Å². The average molecular weight is 342 g/mol. The lowest BCUT2D eigenvalue weighted by Crippen LogP contribution is -2.51. The molecule has 1 aliphatic heterocycles. The molecule has 4 rings (SSSR count). The number of carbonyl (C=O) groups excluding carboxylic acids is 1. The Kier molecular flexibility index (Phi) is 4.24. The number of benzene rings is 1. The molecule has 0 unspecified atom stereocenters. The van der Waals surface area contributed by atoms with Gasteiger partial charge in [0, 0.05) is 37.6 Å². The van der Waals surface area contributed by atoms with E-state index in [4.69, 9.17) is 5.73 Å². The average Bonchev–Trinajstić information content (AvgIpc) is 3.12. The molecule has 1 aliphatic carbocycles. The summed E-state index contributed by atoms with van der Waals surface area (Å²) in [5, 5.41) is 2.67. The third-order valence-corrected chi connectivity index (χ3v) is 6.07. The monoisotopic (exact) mass is 342 g/mol. The predicted molar refractivity (Wildman–Crippen MR) is 96.7 cm³/mol. The summed E-state index contributed by atoms with van der Waals surface area (Å²) in [4.78, 5) is 20.4. The number of thiazole rings is 1. The van der Waals surface area contributed by atoms with Gasteiger partial charge < -0.3 is 10.6 Å². The Labute approximate surface area is 146 Å². The number of hydrogen-bond acceptors (Lipinski definition) is 5. The summed E-state index contributed by atoms with van der Waals surface area (Å²) in [5.74, 6) is -0.447. The van der Waals surface area contributed by atoms with Crippen LogP contribution in [0.15, 0.2) is 29.6 Å². The molecule has 1 fully saturated rings. The smallest absolute Gasteiger partial charge is 0.268 e. The van der Waals surface area contributed by atoms with Crippen LogP contribution in [0.3, 0.4) is 0 Å². The van der Waals surface area contributed by atoms with E-state index >= 15 is 0 Å². The van der Waals surface area contributed by atoms with Crippen LogP contribution in [0.2, 0.25) is 0 Å². The van der Waals surface area contributed by atoms with Crippen molar-refractivity contribution in [2.45, 2.75) is 25.3 Å². The molecule has 0 saturated carbocycles. The minimum atomic E-state index is -0.447. The Hall–Kier alpha value is -1.92. The second kappa shape index (κ2) is 6.53. The maximum absolute atomic E-state index is 11.2. The Morgan fingerprint density at radius 2 is 1.92 bits per heavy atom. The van der Waals surface area contributed by atoms with Crippen molar-refractivity contribution in [1.29, 1.82) is 0 Å². The zero-order chi connectivity index (χ0) is 16.5. The van der Waals surface area contributed by atoms with Crippen molar-refractivity contribution in [3.8, 4) is 0 Å². The van der Waals surface area contributed by atoms with Crippen LogP contribution in [0.1, 0.15) is 28.0 Å². The fourth-order valence-corrected chi connectivity index (χ4v) is 4.66. The van der Waals surface area contributed by atoms with Gasteiger partial charge in [-0.3, -0.25) is 9.69 Å². The molecule has 2 N–H and O–H groups in total. The van der Waals surface area contributed by atoms with Gasteiger partial charge in [0.25, 0.3) is 5.91 Å². The lowest BCUT2D eigenvalue weighted by Gasteiger charge is -2.41. The van der Waals surface area contributed by atoms with Crippen LogP contribution in [0.5, 0.6) is 0 Å². The van der Waals surface area contributed by atoms with Gasteiger partial charge in [0.1, 0.15) is 5.69 Å². The third kappa shape index (κ3) is 3.03. The standard InChI is InChI=1S/C18H22N4OS/c19-17(23)16-12-24-18(20-16)22-9-7-21(8-10-22)15-6-5-13-3-1-2-4-14(13)11-15/h1-4,12,15H,5-11H2,(H2,19,23)/t15-/m0/s1. The molecular weight excluding hydrogens is 320 g/mol. The minimum Gasteiger partial charge on any atom is -0.364 e. The SMILES string of the molecule is NC(=O)c1csc(N2CCN([C@H]3CCc4ccccc4C3)CC2)n1. The molecule has 2 aliphatic rings. The summed E-state index contributed by atoms with van der Waals surface area (Å²) >= 11 is 1.51. The maximum Gasteiger partial charge on any atom is 0.268 e. The topological polar surface area (TPSA) is 62.5 Å². The first-order valence-electron chi connectivity index (χ1n) is 8.52. The first kappa shape index (κ1) is 15.6. The van der Waals surface area contributed by atoms with Gasteiger partial charge in [-0.15, -0.1) is 11.3 Å². The van der Waals surface area contributed by atoms with Gasteiger partial charge in [-0.05, 0) is 30.4 Å². The van der Waals surface area contributed by atoms with Crippen molar-refractivity contribution < 1.29 is 4.79 Å². The molecule has 1 aromatic heterocycles. The summed E-state index contributed by atoms with van der Waals surface area (Å²) in [6.07, 6.45) is 3.61. The summed E-state index contributed by atoms with van der Waals surface area (Å²) in [7, 11) is 0. The number of fused-ring (bicyclic) bond motifs is 1. The Bertz CT molecular complexity index is 736. The molecule has 2 heterocycles. The summed E-state index contributed by atoms with van der Waals surface area (Å²) < 4.78 is 0. The van der Waals surface area contributed by atoms with E-state index in [1.807, 2.05) is 0 Å². The summed E-state index contributed by atoms with van der Waals surface area (Å²) in [6, 6.07) is 9.49. The third-order valence-electron chi connectivity index (χ3n) is 5.17. The molecule has 0 radical (unpaired) electrons. The predicted octanol–water partition coefficient (Wildman–Crippen LogP) is 1.92. The van der Waals surface area contributed by atoms with Gasteiger partial charge in [0.15, 0.2) is 5.13 Å². The Morgan fingerprint density at radius 3 is 2.62 bits per heavy atom. The van der Waals surface area contributed by atoms with E-state index in [0.717, 1.165) is 31.3 Å². The van der Waals surface area contributed by atoms with E-state index in [-0.39, 0.29) is 0 Å². The normalized spacial score (nSPS) is 21.5. The molecule has 126 valence electrons. The molecule has 1 atom stereocenters. The van der Waals surface area contributed by atoms with E-state index in [0.29, 0.717) is 11.7 Å². The summed E-state index contributed by atoms with van der Waals surface area (Å²) in [6.45, 7) is 4.03. The van der Waals surface area contributed by atoms with Crippen LogP contribution in [-0.4, -0.2) is 48.0 Å². The molecular formula is C18H22N4OS. The number of piperazine rings is 1. The van der Waals surface area contributed by atoms with E-state index in [9.17, 15) is 4.79 Å². The lowest BCUT2D eigenvalue weighted by atomic mass is 9.87. The number of aryl methyl sites for hydroxylation is 1. The quantitative estimate of drug-likeness (QED) is 0.926. The Morgan fingerprint density at radius 1 is 1.17 bits per heavy atom. The maximum atomic E-state index is 11.2. The van der Waals surface area contributed by atoms with Gasteiger partial charge in [-0.2, -0.15) is 0 Å². The molecule has 5 nitrogen and oxygen atoms in total. The van der Waals surface area contributed by atoms with E-state index in [1.165, 1.54) is 41.7 Å². The van der Waals surface area contributed by atoms with Crippen molar-refractivity contribution in [2.75, 3.05) is 31.1 Å². The highest BCUT2D eigenvalue weighted by Gasteiger charge is 2.28. The second-order valence-corrected chi connectivity index (χ2v) is 7.40. The lowest BCUT2D eigenvalue weighted by molar-refractivity contribution is 0.0996. The van der Waals surface area contributed by atoms with Gasteiger partial charge >= 0.3 is 0 Å². The number of carbonyl (C=O) groups is 1. The van der Waals surface area contributed by atoms with Crippen molar-refractivity contribution in [2.24, 2.45) is 5.73 Å². The fourth-order valence-electron chi connectivity index (χ4n) is 3.79. The number of nitrogens with zero attached hydrogens (tertiary/aromatic N) is 3. The first-order valence-corrected chi connectivity index (χ1v) is 9.40. The van der Waals surface area contributed by atoms with Crippen molar-refractivity contribution in [3.05, 3.63) is 46.5 Å². The molecule has 0 bridgehead atoms. The Balaban J connectivity index is 1.37. The van der Waals surface area contributed by atoms with E-state index < -0.39 is 5.91 Å². The molecule has 2 aromatic rings. The number of anilines is 1. The van der Waals surface area contributed by atoms with E-state index in [2.05, 4.69) is 39.0 Å². The highest BCUT2D eigenvalue weighted by atomic mass is 32.1. The second-order valence-electron chi connectivity index (χ2n) is 6.57. The molecule has 1 aromatic carbocycles. The van der Waals surface area contributed by atoms with Crippen LogP contribution in [0.25, 0.3) is 0 Å². The number of nitrogens with two attached hydrogens (primary N) is 1. The number of primary amides is 1. The largest absolute Gasteiger partial charge is 0.364 e. The zero-order valence-electron chi connectivity index (χ0n) is 13.6. The van der Waals surface area contributed by atoms with Crippen LogP contribution >= 0.6 is 11.3 Å². The number of aromatic nitrogens is 1. The number of amides is 1. The van der Waals surface area contributed by atoms with Crippen molar-refractivity contribution in [3.63, 3.8) is 0 Å². The molecule has 1 saturated heterocycles. The van der Waals surface area contributed by atoms with Gasteiger partial charge in [-0.1, -0.05) is 24.3 Å². The molecule has 1 amide bonds. The molecule has 6 heteroatoms. The minimum absolute atomic E-state index is 0.376. The fraction of sp³-hybridized carbons (Fsp3) is 0.444. The summed E-state index contributed by atoms with van der Waals surface area (Å²) in [5.41, 5.74) is 8.71. The van der Waals surface area contributed by atoms with Crippen molar-refractivity contribution >= 4 is 22.4 Å².